The SMILES string of the molecule is CCC(CC)C(=O)N1CCC(CCc2noc(C3CCOCC3)n2)C1. The van der Waals surface area contributed by atoms with Crippen molar-refractivity contribution in [1.82, 2.24) is 15.0 Å². The lowest BCUT2D eigenvalue weighted by Crippen LogP contribution is -2.34. The predicted molar refractivity (Wildman–Crippen MR) is 94.2 cm³/mol. The van der Waals surface area contributed by atoms with Crippen molar-refractivity contribution in [1.29, 1.82) is 0 Å². The quantitative estimate of drug-likeness (QED) is 0.756. The third-order valence-corrected chi connectivity index (χ3v) is 5.76. The van der Waals surface area contributed by atoms with Gasteiger partial charge in [0.1, 0.15) is 0 Å². The van der Waals surface area contributed by atoms with Crippen LogP contribution in [0.25, 0.3) is 0 Å². The summed E-state index contributed by atoms with van der Waals surface area (Å²) in [6.45, 7) is 7.56. The summed E-state index contributed by atoms with van der Waals surface area (Å²) in [5.41, 5.74) is 0. The van der Waals surface area contributed by atoms with E-state index < -0.39 is 0 Å². The lowest BCUT2D eigenvalue weighted by atomic mass is 10.0. The van der Waals surface area contributed by atoms with Crippen molar-refractivity contribution < 1.29 is 14.1 Å². The number of hydrogen-bond acceptors (Lipinski definition) is 5. The van der Waals surface area contributed by atoms with Gasteiger partial charge in [-0.25, -0.2) is 0 Å². The fourth-order valence-electron chi connectivity index (χ4n) is 3.98. The lowest BCUT2D eigenvalue weighted by Gasteiger charge is -2.21. The Morgan fingerprint density at radius 3 is 2.72 bits per heavy atom. The largest absolute Gasteiger partial charge is 0.381 e. The molecule has 0 bridgehead atoms. The average molecular weight is 349 g/mol. The molecule has 1 aromatic rings. The highest BCUT2D eigenvalue weighted by Gasteiger charge is 2.29. The molecule has 0 spiro atoms. The first kappa shape index (κ1) is 18.4. The molecule has 6 heteroatoms. The Hall–Kier alpha value is -1.43. The molecule has 0 saturated carbocycles. The fourth-order valence-corrected chi connectivity index (χ4v) is 3.98. The van der Waals surface area contributed by atoms with E-state index in [9.17, 15) is 4.79 Å². The standard InChI is InChI=1S/C19H31N3O3/c1-3-15(4-2)19(23)22-10-7-14(13-22)5-6-17-20-18(25-21-17)16-8-11-24-12-9-16/h14-16H,3-13H2,1-2H3. The number of likely N-dealkylation sites (tertiary alicyclic amines) is 1. The number of rotatable bonds is 7. The summed E-state index contributed by atoms with van der Waals surface area (Å²) in [7, 11) is 0. The molecule has 1 unspecified atom stereocenters. The van der Waals surface area contributed by atoms with Gasteiger partial charge >= 0.3 is 0 Å². The summed E-state index contributed by atoms with van der Waals surface area (Å²) in [5.74, 6) is 3.03. The van der Waals surface area contributed by atoms with E-state index in [-0.39, 0.29) is 5.92 Å². The van der Waals surface area contributed by atoms with Crippen molar-refractivity contribution in [3.8, 4) is 0 Å². The molecule has 6 nitrogen and oxygen atoms in total. The van der Waals surface area contributed by atoms with E-state index in [0.717, 1.165) is 83.0 Å². The van der Waals surface area contributed by atoms with Crippen molar-refractivity contribution in [3.63, 3.8) is 0 Å². The predicted octanol–water partition coefficient (Wildman–Crippen LogP) is 3.18. The van der Waals surface area contributed by atoms with E-state index >= 15 is 0 Å². The van der Waals surface area contributed by atoms with Gasteiger partial charge in [0.05, 0.1) is 0 Å². The molecule has 0 aliphatic carbocycles. The van der Waals surface area contributed by atoms with Gasteiger partial charge in [0.2, 0.25) is 11.8 Å². The highest BCUT2D eigenvalue weighted by atomic mass is 16.5. The number of aryl methyl sites for hydroxylation is 1. The topological polar surface area (TPSA) is 68.5 Å². The van der Waals surface area contributed by atoms with Crippen LogP contribution in [0.2, 0.25) is 0 Å². The first-order valence-corrected chi connectivity index (χ1v) is 9.90. The van der Waals surface area contributed by atoms with Gasteiger partial charge in [-0.05, 0) is 44.4 Å². The minimum atomic E-state index is 0.193. The Morgan fingerprint density at radius 1 is 1.24 bits per heavy atom. The summed E-state index contributed by atoms with van der Waals surface area (Å²) >= 11 is 0. The van der Waals surface area contributed by atoms with Crippen LogP contribution in [-0.4, -0.2) is 47.3 Å². The molecule has 2 aliphatic heterocycles. The van der Waals surface area contributed by atoms with Gasteiger partial charge in [-0.2, -0.15) is 4.98 Å². The van der Waals surface area contributed by atoms with Crippen LogP contribution in [-0.2, 0) is 16.0 Å². The Balaban J connectivity index is 1.45. The van der Waals surface area contributed by atoms with Crippen LogP contribution in [0.4, 0.5) is 0 Å². The number of hydrogen-bond donors (Lipinski definition) is 0. The summed E-state index contributed by atoms with van der Waals surface area (Å²) < 4.78 is 10.8. The number of nitrogens with zero attached hydrogens (tertiary/aromatic N) is 3. The molecule has 3 rings (SSSR count). The number of amides is 1. The Bertz CT molecular complexity index is 550. The second kappa shape index (κ2) is 8.79. The monoisotopic (exact) mass is 349 g/mol. The van der Waals surface area contributed by atoms with E-state index in [1.807, 2.05) is 0 Å². The maximum atomic E-state index is 12.5. The summed E-state index contributed by atoms with van der Waals surface area (Å²) in [4.78, 5) is 19.1. The molecule has 25 heavy (non-hydrogen) atoms. The number of carbonyl (C=O) groups excluding carboxylic acids is 1. The van der Waals surface area contributed by atoms with Gasteiger partial charge in [-0.1, -0.05) is 19.0 Å². The zero-order valence-corrected chi connectivity index (χ0v) is 15.6. The molecule has 1 aromatic heterocycles. The smallest absolute Gasteiger partial charge is 0.229 e. The van der Waals surface area contributed by atoms with Crippen LogP contribution < -0.4 is 0 Å². The molecule has 3 heterocycles. The molecule has 140 valence electrons. The number of aromatic nitrogens is 2. The zero-order valence-electron chi connectivity index (χ0n) is 15.6. The first-order chi connectivity index (χ1) is 12.2. The molecule has 0 radical (unpaired) electrons. The molecular weight excluding hydrogens is 318 g/mol. The molecule has 2 fully saturated rings. The maximum absolute atomic E-state index is 12.5. The van der Waals surface area contributed by atoms with Crippen LogP contribution in [0.3, 0.4) is 0 Å². The van der Waals surface area contributed by atoms with E-state index in [2.05, 4.69) is 28.9 Å². The Kier molecular flexibility index (Phi) is 6.45. The molecular formula is C19H31N3O3. The average Bonchev–Trinajstić information content (AvgIpc) is 3.31. The fraction of sp³-hybridized carbons (Fsp3) is 0.842. The van der Waals surface area contributed by atoms with Crippen molar-refractivity contribution in [2.75, 3.05) is 26.3 Å². The third-order valence-electron chi connectivity index (χ3n) is 5.76. The van der Waals surface area contributed by atoms with Crippen LogP contribution in [0.15, 0.2) is 4.52 Å². The van der Waals surface area contributed by atoms with E-state index in [1.165, 1.54) is 0 Å². The molecule has 0 N–H and O–H groups in total. The first-order valence-electron chi connectivity index (χ1n) is 9.90. The minimum Gasteiger partial charge on any atom is -0.381 e. The second-order valence-corrected chi connectivity index (χ2v) is 7.43. The van der Waals surface area contributed by atoms with Gasteiger partial charge in [-0.3, -0.25) is 4.79 Å². The molecule has 1 amide bonds. The molecule has 0 aromatic carbocycles. The van der Waals surface area contributed by atoms with Crippen molar-refractivity contribution in [3.05, 3.63) is 11.7 Å². The normalized spacial score (nSPS) is 22.0. The summed E-state index contributed by atoms with van der Waals surface area (Å²) in [6, 6.07) is 0. The highest BCUT2D eigenvalue weighted by molar-refractivity contribution is 5.79. The zero-order chi connectivity index (χ0) is 17.6. The lowest BCUT2D eigenvalue weighted by molar-refractivity contribution is -0.134. The van der Waals surface area contributed by atoms with Gasteiger partial charge < -0.3 is 14.2 Å². The van der Waals surface area contributed by atoms with Crippen LogP contribution in [0.1, 0.15) is 70.0 Å². The van der Waals surface area contributed by atoms with Crippen molar-refractivity contribution in [2.24, 2.45) is 11.8 Å². The van der Waals surface area contributed by atoms with Gasteiger partial charge in [0, 0.05) is 44.6 Å². The maximum Gasteiger partial charge on any atom is 0.229 e. The van der Waals surface area contributed by atoms with Crippen LogP contribution in [0, 0.1) is 11.8 Å². The number of carbonyl (C=O) groups is 1. The summed E-state index contributed by atoms with van der Waals surface area (Å²) in [6.07, 6.45) is 6.78. The Morgan fingerprint density at radius 2 is 2.00 bits per heavy atom. The van der Waals surface area contributed by atoms with E-state index in [4.69, 9.17) is 9.26 Å². The van der Waals surface area contributed by atoms with E-state index in [0.29, 0.717) is 17.7 Å². The van der Waals surface area contributed by atoms with Crippen molar-refractivity contribution >= 4 is 5.91 Å². The molecule has 2 saturated heterocycles. The second-order valence-electron chi connectivity index (χ2n) is 7.43. The third kappa shape index (κ3) is 4.60. The van der Waals surface area contributed by atoms with Gasteiger partial charge in [-0.15, -0.1) is 0 Å². The van der Waals surface area contributed by atoms with Gasteiger partial charge in [0.15, 0.2) is 5.82 Å². The van der Waals surface area contributed by atoms with Gasteiger partial charge in [0.25, 0.3) is 0 Å². The van der Waals surface area contributed by atoms with E-state index in [1.54, 1.807) is 0 Å². The summed E-state index contributed by atoms with van der Waals surface area (Å²) in [5, 5.41) is 4.15. The molecule has 1 atom stereocenters. The molecule has 2 aliphatic rings. The minimum absolute atomic E-state index is 0.193. The van der Waals surface area contributed by atoms with Crippen LogP contribution in [0.5, 0.6) is 0 Å². The van der Waals surface area contributed by atoms with Crippen LogP contribution >= 0.6 is 0 Å². The van der Waals surface area contributed by atoms with Crippen molar-refractivity contribution in [2.45, 2.75) is 64.7 Å². The Labute approximate surface area is 150 Å². The number of ether oxygens (including phenoxy) is 1. The highest BCUT2D eigenvalue weighted by Crippen LogP contribution is 2.27.